The SMILES string of the molecule is Cc1c(C(=O)N2CCN(C(C)(C)C(N)=S)CC2)cnn1C. The Kier molecular flexibility index (Phi) is 4.34. The maximum Gasteiger partial charge on any atom is 0.257 e. The van der Waals surface area contributed by atoms with Crippen molar-refractivity contribution in [3.05, 3.63) is 17.5 Å². The van der Waals surface area contributed by atoms with E-state index in [0.29, 0.717) is 23.6 Å². The van der Waals surface area contributed by atoms with E-state index in [1.54, 1.807) is 10.9 Å². The molecule has 0 saturated carbocycles. The maximum atomic E-state index is 12.5. The number of hydrogen-bond acceptors (Lipinski definition) is 4. The molecule has 7 heteroatoms. The van der Waals surface area contributed by atoms with Crippen LogP contribution in [0.3, 0.4) is 0 Å². The molecule has 0 radical (unpaired) electrons. The molecule has 1 fully saturated rings. The minimum atomic E-state index is -0.311. The lowest BCUT2D eigenvalue weighted by Gasteiger charge is -2.43. The van der Waals surface area contributed by atoms with Crippen molar-refractivity contribution in [3.63, 3.8) is 0 Å². The first-order valence-electron chi connectivity index (χ1n) is 7.08. The number of aromatic nitrogens is 2. The second kappa shape index (κ2) is 5.73. The molecule has 0 aliphatic carbocycles. The fourth-order valence-electron chi connectivity index (χ4n) is 2.50. The van der Waals surface area contributed by atoms with Crippen LogP contribution in [0.2, 0.25) is 0 Å². The molecular weight excluding hydrogens is 286 g/mol. The van der Waals surface area contributed by atoms with Crippen LogP contribution in [-0.4, -0.2) is 62.2 Å². The zero-order valence-electron chi connectivity index (χ0n) is 13.1. The van der Waals surface area contributed by atoms with Gasteiger partial charge in [0.25, 0.3) is 5.91 Å². The van der Waals surface area contributed by atoms with Crippen LogP contribution in [0.15, 0.2) is 6.20 Å². The zero-order chi connectivity index (χ0) is 15.8. The van der Waals surface area contributed by atoms with Gasteiger partial charge in [-0.05, 0) is 20.8 Å². The Morgan fingerprint density at radius 1 is 1.33 bits per heavy atom. The third-order valence-electron chi connectivity index (χ3n) is 4.43. The Morgan fingerprint density at radius 3 is 2.33 bits per heavy atom. The number of carbonyl (C=O) groups is 1. The highest BCUT2D eigenvalue weighted by atomic mass is 32.1. The molecule has 1 aromatic heterocycles. The second-order valence-electron chi connectivity index (χ2n) is 5.97. The zero-order valence-corrected chi connectivity index (χ0v) is 13.9. The lowest BCUT2D eigenvalue weighted by atomic mass is 10.0. The largest absolute Gasteiger partial charge is 0.392 e. The first-order chi connectivity index (χ1) is 9.75. The molecule has 0 aromatic carbocycles. The molecule has 0 atom stereocenters. The Hall–Kier alpha value is -1.47. The molecule has 2 N–H and O–H groups in total. The molecule has 1 aromatic rings. The summed E-state index contributed by atoms with van der Waals surface area (Å²) in [5.74, 6) is 0.0494. The minimum absolute atomic E-state index is 0.0494. The van der Waals surface area contributed by atoms with Crippen molar-refractivity contribution in [1.82, 2.24) is 19.6 Å². The highest BCUT2D eigenvalue weighted by molar-refractivity contribution is 7.80. The summed E-state index contributed by atoms with van der Waals surface area (Å²) in [6.45, 7) is 8.87. The van der Waals surface area contributed by atoms with Crippen LogP contribution >= 0.6 is 12.2 Å². The molecule has 1 aliphatic rings. The van der Waals surface area contributed by atoms with Gasteiger partial charge in [0.2, 0.25) is 0 Å². The normalized spacial score (nSPS) is 17.0. The van der Waals surface area contributed by atoms with Gasteiger partial charge in [-0.15, -0.1) is 0 Å². The molecule has 116 valence electrons. The van der Waals surface area contributed by atoms with Crippen molar-refractivity contribution in [1.29, 1.82) is 0 Å². The highest BCUT2D eigenvalue weighted by Gasteiger charge is 2.33. The van der Waals surface area contributed by atoms with E-state index >= 15 is 0 Å². The van der Waals surface area contributed by atoms with Crippen molar-refractivity contribution in [3.8, 4) is 0 Å². The van der Waals surface area contributed by atoms with E-state index in [-0.39, 0.29) is 11.4 Å². The number of hydrogen-bond donors (Lipinski definition) is 1. The van der Waals surface area contributed by atoms with Crippen LogP contribution in [0.4, 0.5) is 0 Å². The summed E-state index contributed by atoms with van der Waals surface area (Å²) >= 11 is 5.13. The number of nitrogens with zero attached hydrogens (tertiary/aromatic N) is 4. The predicted octanol–water partition coefficient (Wildman–Crippen LogP) is 0.551. The number of nitrogens with two attached hydrogens (primary N) is 1. The summed E-state index contributed by atoms with van der Waals surface area (Å²) in [7, 11) is 1.84. The van der Waals surface area contributed by atoms with Gasteiger partial charge in [0.15, 0.2) is 0 Å². The number of aryl methyl sites for hydroxylation is 1. The van der Waals surface area contributed by atoms with Crippen LogP contribution in [-0.2, 0) is 7.05 Å². The quantitative estimate of drug-likeness (QED) is 0.826. The van der Waals surface area contributed by atoms with Crippen LogP contribution in [0.5, 0.6) is 0 Å². The van der Waals surface area contributed by atoms with Crippen molar-refractivity contribution >= 4 is 23.1 Å². The Morgan fingerprint density at radius 2 is 1.90 bits per heavy atom. The Labute approximate surface area is 130 Å². The van der Waals surface area contributed by atoms with Gasteiger partial charge in [-0.3, -0.25) is 14.4 Å². The van der Waals surface area contributed by atoms with E-state index in [1.165, 1.54) is 0 Å². The molecule has 0 spiro atoms. The van der Waals surface area contributed by atoms with Crippen molar-refractivity contribution in [2.75, 3.05) is 26.2 Å². The summed E-state index contributed by atoms with van der Waals surface area (Å²) in [6.07, 6.45) is 1.64. The van der Waals surface area contributed by atoms with Crippen molar-refractivity contribution in [2.24, 2.45) is 12.8 Å². The summed E-state index contributed by atoms with van der Waals surface area (Å²) in [5, 5.41) is 4.13. The first-order valence-corrected chi connectivity index (χ1v) is 7.48. The van der Waals surface area contributed by atoms with E-state index in [9.17, 15) is 4.79 Å². The van der Waals surface area contributed by atoms with Crippen LogP contribution in [0.25, 0.3) is 0 Å². The molecule has 0 unspecified atom stereocenters. The third kappa shape index (κ3) is 2.94. The molecule has 1 aliphatic heterocycles. The van der Waals surface area contributed by atoms with Crippen molar-refractivity contribution < 1.29 is 4.79 Å². The molecule has 1 amide bonds. The summed E-state index contributed by atoms with van der Waals surface area (Å²) < 4.78 is 1.72. The standard InChI is InChI=1S/C14H23N5OS/c1-10-11(9-16-17(10)4)12(20)18-5-7-19(8-6-18)14(2,3)13(15)21/h9H,5-8H2,1-4H3,(H2,15,21). The van der Waals surface area contributed by atoms with Gasteiger partial charge in [0, 0.05) is 38.9 Å². The van der Waals surface area contributed by atoms with Gasteiger partial charge in [-0.2, -0.15) is 5.10 Å². The molecule has 2 heterocycles. The van der Waals surface area contributed by atoms with Gasteiger partial charge in [-0.1, -0.05) is 12.2 Å². The van der Waals surface area contributed by atoms with Gasteiger partial charge < -0.3 is 10.6 Å². The van der Waals surface area contributed by atoms with E-state index in [0.717, 1.165) is 18.8 Å². The number of thiocarbonyl (C=S) groups is 1. The van der Waals surface area contributed by atoms with E-state index in [1.807, 2.05) is 32.7 Å². The van der Waals surface area contributed by atoms with Gasteiger partial charge in [0.1, 0.15) is 0 Å². The first kappa shape index (κ1) is 15.9. The van der Waals surface area contributed by atoms with Crippen LogP contribution < -0.4 is 5.73 Å². The topological polar surface area (TPSA) is 67.4 Å². The second-order valence-corrected chi connectivity index (χ2v) is 6.41. The third-order valence-corrected chi connectivity index (χ3v) is 4.93. The number of rotatable bonds is 3. The summed E-state index contributed by atoms with van der Waals surface area (Å²) in [4.78, 5) is 17.1. The fourth-order valence-corrected chi connectivity index (χ4v) is 2.63. The summed E-state index contributed by atoms with van der Waals surface area (Å²) in [6, 6.07) is 0. The molecule has 0 bridgehead atoms. The van der Waals surface area contributed by atoms with Gasteiger partial charge in [-0.25, -0.2) is 0 Å². The van der Waals surface area contributed by atoms with E-state index < -0.39 is 0 Å². The Balaban J connectivity index is 2.03. The van der Waals surface area contributed by atoms with Crippen LogP contribution in [0.1, 0.15) is 29.9 Å². The fraction of sp³-hybridized carbons (Fsp3) is 0.643. The highest BCUT2D eigenvalue weighted by Crippen LogP contribution is 2.19. The minimum Gasteiger partial charge on any atom is -0.392 e. The average Bonchev–Trinajstić information content (AvgIpc) is 2.78. The monoisotopic (exact) mass is 309 g/mol. The number of piperazine rings is 1. The lowest BCUT2D eigenvalue weighted by Crippen LogP contribution is -2.59. The smallest absolute Gasteiger partial charge is 0.257 e. The van der Waals surface area contributed by atoms with E-state index in [4.69, 9.17) is 18.0 Å². The molecule has 6 nitrogen and oxygen atoms in total. The number of amides is 1. The maximum absolute atomic E-state index is 12.5. The van der Waals surface area contributed by atoms with Gasteiger partial charge in [0.05, 0.1) is 22.3 Å². The predicted molar refractivity (Wildman–Crippen MR) is 86.3 cm³/mol. The van der Waals surface area contributed by atoms with E-state index in [2.05, 4.69) is 10.00 Å². The Bertz CT molecular complexity index is 558. The molecule has 2 rings (SSSR count). The molecule has 1 saturated heterocycles. The van der Waals surface area contributed by atoms with Gasteiger partial charge >= 0.3 is 0 Å². The summed E-state index contributed by atoms with van der Waals surface area (Å²) in [5.41, 5.74) is 7.07. The molecule has 21 heavy (non-hydrogen) atoms. The van der Waals surface area contributed by atoms with Crippen LogP contribution in [0, 0.1) is 6.92 Å². The average molecular weight is 309 g/mol. The molecular formula is C14H23N5OS. The van der Waals surface area contributed by atoms with Crippen molar-refractivity contribution in [2.45, 2.75) is 26.3 Å². The lowest BCUT2D eigenvalue weighted by molar-refractivity contribution is 0.0539. The number of carbonyl (C=O) groups excluding carboxylic acids is 1.